The molecule has 2 fully saturated rings. The molecule has 2 heterocycles. The van der Waals surface area contributed by atoms with Gasteiger partial charge >= 0.3 is 0 Å². The van der Waals surface area contributed by atoms with E-state index in [-0.39, 0.29) is 0 Å². The Bertz CT molecular complexity index is 440. The van der Waals surface area contributed by atoms with Gasteiger partial charge in [-0.25, -0.2) is 4.98 Å². The largest absolute Gasteiger partial charge is 0.355 e. The van der Waals surface area contributed by atoms with Gasteiger partial charge in [-0.2, -0.15) is 0 Å². The van der Waals surface area contributed by atoms with Crippen LogP contribution < -0.4 is 10.2 Å². The Balaban J connectivity index is 1.53. The Hall–Kier alpha value is -0.510. The number of hydrogen-bond acceptors (Lipinski definition) is 3. The van der Waals surface area contributed by atoms with Crippen LogP contribution in [0.15, 0.2) is 12.3 Å². The van der Waals surface area contributed by atoms with Crippen LogP contribution in [0.3, 0.4) is 0 Å². The van der Waals surface area contributed by atoms with Crippen LogP contribution in [0.5, 0.6) is 0 Å². The Morgan fingerprint density at radius 3 is 2.58 bits per heavy atom. The molecule has 0 bridgehead atoms. The lowest BCUT2D eigenvalue weighted by Crippen LogP contribution is -2.38. The van der Waals surface area contributed by atoms with Crippen molar-refractivity contribution in [3.8, 4) is 0 Å². The van der Waals surface area contributed by atoms with Gasteiger partial charge in [0.2, 0.25) is 0 Å². The van der Waals surface area contributed by atoms with Gasteiger partial charge in [0.15, 0.2) is 0 Å². The van der Waals surface area contributed by atoms with Crippen LogP contribution in [-0.4, -0.2) is 30.7 Å². The number of nitrogens with one attached hydrogen (secondary N) is 1. The second-order valence-corrected chi connectivity index (χ2v) is 6.42. The van der Waals surface area contributed by atoms with E-state index < -0.39 is 0 Å². The molecule has 0 spiro atoms. The summed E-state index contributed by atoms with van der Waals surface area (Å²) in [7, 11) is 0. The molecule has 0 aromatic carbocycles. The first-order valence-corrected chi connectivity index (χ1v) is 7.77. The summed E-state index contributed by atoms with van der Waals surface area (Å²) in [6.45, 7) is 3.23. The van der Waals surface area contributed by atoms with Crippen molar-refractivity contribution in [1.82, 2.24) is 10.3 Å². The number of halogens is 2. The first-order chi connectivity index (χ1) is 9.22. The molecule has 1 saturated carbocycles. The summed E-state index contributed by atoms with van der Waals surface area (Å²) in [6.07, 6.45) is 6.82. The summed E-state index contributed by atoms with van der Waals surface area (Å²) in [4.78, 5) is 6.63. The van der Waals surface area contributed by atoms with E-state index >= 15 is 0 Å². The summed E-state index contributed by atoms with van der Waals surface area (Å²) in [5.74, 6) is 1.67. The highest BCUT2D eigenvalue weighted by Gasteiger charge is 2.25. The van der Waals surface area contributed by atoms with Gasteiger partial charge in [0.05, 0.1) is 10.0 Å². The Labute approximate surface area is 124 Å². The number of anilines is 1. The third-order valence-corrected chi connectivity index (χ3v) is 4.46. The minimum Gasteiger partial charge on any atom is -0.355 e. The first-order valence-electron chi connectivity index (χ1n) is 7.02. The van der Waals surface area contributed by atoms with Crippen molar-refractivity contribution in [2.45, 2.75) is 31.7 Å². The number of pyridine rings is 1. The van der Waals surface area contributed by atoms with Crippen molar-refractivity contribution in [1.29, 1.82) is 0 Å². The predicted octanol–water partition coefficient (Wildman–Crippen LogP) is 3.36. The maximum absolute atomic E-state index is 6.21. The molecule has 1 aliphatic carbocycles. The second kappa shape index (κ2) is 5.86. The van der Waals surface area contributed by atoms with Crippen LogP contribution in [0.2, 0.25) is 10.0 Å². The topological polar surface area (TPSA) is 28.2 Å². The zero-order chi connectivity index (χ0) is 13.2. The molecule has 1 aliphatic heterocycles. The second-order valence-electron chi connectivity index (χ2n) is 5.57. The van der Waals surface area contributed by atoms with Gasteiger partial charge in [-0.3, -0.25) is 0 Å². The molecule has 1 N–H and O–H groups in total. The summed E-state index contributed by atoms with van der Waals surface area (Å²) in [6, 6.07) is 2.58. The Morgan fingerprint density at radius 1 is 1.21 bits per heavy atom. The average molecular weight is 300 g/mol. The molecular weight excluding hydrogens is 281 g/mol. The van der Waals surface area contributed by atoms with E-state index in [0.29, 0.717) is 10.0 Å². The molecule has 0 unspecified atom stereocenters. The molecule has 19 heavy (non-hydrogen) atoms. The van der Waals surface area contributed by atoms with Crippen LogP contribution in [0.1, 0.15) is 25.7 Å². The van der Waals surface area contributed by atoms with Gasteiger partial charge in [0, 0.05) is 25.3 Å². The molecule has 0 amide bonds. The fourth-order valence-corrected chi connectivity index (χ4v) is 3.11. The van der Waals surface area contributed by atoms with Gasteiger partial charge in [0.25, 0.3) is 0 Å². The Morgan fingerprint density at radius 2 is 1.95 bits per heavy atom. The first kappa shape index (κ1) is 13.5. The van der Waals surface area contributed by atoms with E-state index in [0.717, 1.165) is 30.9 Å². The summed E-state index contributed by atoms with van der Waals surface area (Å²) < 4.78 is 0. The van der Waals surface area contributed by atoms with E-state index in [1.807, 2.05) is 0 Å². The molecule has 1 saturated heterocycles. The zero-order valence-corrected chi connectivity index (χ0v) is 12.4. The van der Waals surface area contributed by atoms with Crippen molar-refractivity contribution < 1.29 is 0 Å². The molecule has 1 aromatic heterocycles. The summed E-state index contributed by atoms with van der Waals surface area (Å²) in [5.41, 5.74) is 0. The van der Waals surface area contributed by atoms with Crippen molar-refractivity contribution in [3.63, 3.8) is 0 Å². The van der Waals surface area contributed by atoms with Crippen molar-refractivity contribution in [2.24, 2.45) is 5.92 Å². The van der Waals surface area contributed by atoms with Gasteiger partial charge in [-0.15, -0.1) is 0 Å². The smallest absolute Gasteiger partial charge is 0.147 e. The molecular formula is C14H19Cl2N3. The van der Waals surface area contributed by atoms with Crippen LogP contribution >= 0.6 is 23.2 Å². The number of aromatic nitrogens is 1. The fourth-order valence-electron chi connectivity index (χ4n) is 2.61. The average Bonchev–Trinajstić information content (AvgIpc) is 3.21. The van der Waals surface area contributed by atoms with Crippen LogP contribution in [0.25, 0.3) is 0 Å². The lowest BCUT2D eigenvalue weighted by molar-refractivity contribution is 0.381. The third-order valence-electron chi connectivity index (χ3n) is 3.98. The standard InChI is InChI=1S/C14H19Cl2N3/c15-11-7-13(16)14(18-9-11)19-5-3-10(4-6-19)8-17-12-1-2-12/h7,9-10,12,17H,1-6,8H2. The molecule has 5 heteroatoms. The lowest BCUT2D eigenvalue weighted by Gasteiger charge is -2.33. The molecule has 2 aliphatic rings. The molecule has 0 atom stereocenters. The number of nitrogens with zero attached hydrogens (tertiary/aromatic N) is 2. The number of piperidine rings is 1. The van der Waals surface area contributed by atoms with Crippen molar-refractivity contribution in [2.75, 3.05) is 24.5 Å². The zero-order valence-electron chi connectivity index (χ0n) is 10.9. The Kier molecular flexibility index (Phi) is 4.15. The van der Waals surface area contributed by atoms with Gasteiger partial charge in [-0.05, 0) is 44.2 Å². The van der Waals surface area contributed by atoms with Crippen LogP contribution in [0.4, 0.5) is 5.82 Å². The summed E-state index contributed by atoms with van der Waals surface area (Å²) in [5, 5.41) is 4.87. The highest BCUT2D eigenvalue weighted by Crippen LogP contribution is 2.29. The maximum atomic E-state index is 6.21. The number of hydrogen-bond donors (Lipinski definition) is 1. The quantitative estimate of drug-likeness (QED) is 0.924. The van der Waals surface area contributed by atoms with Crippen molar-refractivity contribution in [3.05, 3.63) is 22.3 Å². The molecule has 3 rings (SSSR count). The summed E-state index contributed by atoms with van der Waals surface area (Å²) >= 11 is 12.1. The van der Waals surface area contributed by atoms with Crippen LogP contribution in [0, 0.1) is 5.92 Å². The highest BCUT2D eigenvalue weighted by atomic mass is 35.5. The van der Waals surface area contributed by atoms with Crippen LogP contribution in [-0.2, 0) is 0 Å². The molecule has 1 aromatic rings. The predicted molar refractivity (Wildman–Crippen MR) is 80.2 cm³/mol. The lowest BCUT2D eigenvalue weighted by atomic mass is 9.97. The highest BCUT2D eigenvalue weighted by molar-refractivity contribution is 6.36. The molecule has 3 nitrogen and oxygen atoms in total. The van der Waals surface area contributed by atoms with E-state index in [9.17, 15) is 0 Å². The van der Waals surface area contributed by atoms with Gasteiger partial charge in [-0.1, -0.05) is 23.2 Å². The third kappa shape index (κ3) is 3.53. The van der Waals surface area contributed by atoms with E-state index in [4.69, 9.17) is 23.2 Å². The number of rotatable bonds is 4. The van der Waals surface area contributed by atoms with Gasteiger partial charge in [0.1, 0.15) is 5.82 Å². The van der Waals surface area contributed by atoms with E-state index in [1.54, 1.807) is 12.3 Å². The minimum absolute atomic E-state index is 0.595. The van der Waals surface area contributed by atoms with Gasteiger partial charge < -0.3 is 10.2 Å². The van der Waals surface area contributed by atoms with E-state index in [1.165, 1.54) is 32.2 Å². The van der Waals surface area contributed by atoms with E-state index in [2.05, 4.69) is 15.2 Å². The fraction of sp³-hybridized carbons (Fsp3) is 0.643. The minimum atomic E-state index is 0.595. The normalized spacial score (nSPS) is 20.8. The molecule has 0 radical (unpaired) electrons. The van der Waals surface area contributed by atoms with Crippen molar-refractivity contribution >= 4 is 29.0 Å². The maximum Gasteiger partial charge on any atom is 0.147 e. The molecule has 104 valence electrons. The SMILES string of the molecule is Clc1cnc(N2CCC(CNC3CC3)CC2)c(Cl)c1. The monoisotopic (exact) mass is 299 g/mol.